The van der Waals surface area contributed by atoms with Crippen LogP contribution in [0.5, 0.6) is 0 Å². The molecule has 104 valence electrons. The van der Waals surface area contributed by atoms with E-state index in [-0.39, 0.29) is 0 Å². The number of carboxylic acid groups (broad SMARTS) is 1. The van der Waals surface area contributed by atoms with Gasteiger partial charge in [0, 0.05) is 17.8 Å². The molecule has 0 fully saturated rings. The summed E-state index contributed by atoms with van der Waals surface area (Å²) in [7, 11) is 0. The molecule has 21 heavy (non-hydrogen) atoms. The van der Waals surface area contributed by atoms with Crippen LogP contribution in [-0.4, -0.2) is 16.1 Å². The van der Waals surface area contributed by atoms with E-state index in [1.807, 2.05) is 42.7 Å². The molecule has 0 unspecified atom stereocenters. The summed E-state index contributed by atoms with van der Waals surface area (Å²) in [4.78, 5) is 15.5. The molecule has 3 aromatic rings. The lowest BCUT2D eigenvalue weighted by Crippen LogP contribution is -2.03. The molecule has 1 aromatic heterocycles. The number of nitrogens with zero attached hydrogens (tertiary/aromatic N) is 1. The first kappa shape index (κ1) is 13.3. The van der Waals surface area contributed by atoms with Gasteiger partial charge in [-0.3, -0.25) is 4.98 Å². The Morgan fingerprint density at radius 1 is 0.905 bits per heavy atom. The first-order valence-electron chi connectivity index (χ1n) is 6.88. The van der Waals surface area contributed by atoms with Gasteiger partial charge in [-0.15, -0.1) is 0 Å². The van der Waals surface area contributed by atoms with Crippen molar-refractivity contribution in [1.82, 2.24) is 4.98 Å². The number of hydrogen-bond donors (Lipinski definition) is 1. The summed E-state index contributed by atoms with van der Waals surface area (Å²) in [6, 6.07) is 15.3. The van der Waals surface area contributed by atoms with Gasteiger partial charge in [0.15, 0.2) is 0 Å². The standard InChI is InChI=1S/C18H15NO2/c20-18(21)17-8-4-1-5-13(17)9-10-15-12-19-11-14-6-2-3-7-16(14)15/h1-8,11-12H,9-10H2,(H,20,21). The van der Waals surface area contributed by atoms with Gasteiger partial charge in [-0.25, -0.2) is 4.79 Å². The van der Waals surface area contributed by atoms with Crippen molar-refractivity contribution in [3.8, 4) is 0 Å². The van der Waals surface area contributed by atoms with E-state index in [2.05, 4.69) is 11.1 Å². The van der Waals surface area contributed by atoms with Crippen LogP contribution in [0.1, 0.15) is 21.5 Å². The Morgan fingerprint density at radius 2 is 1.62 bits per heavy atom. The van der Waals surface area contributed by atoms with Gasteiger partial charge in [0.2, 0.25) is 0 Å². The van der Waals surface area contributed by atoms with Gasteiger partial charge in [0.05, 0.1) is 5.56 Å². The number of fused-ring (bicyclic) bond motifs is 1. The number of hydrogen-bond acceptors (Lipinski definition) is 2. The molecule has 0 bridgehead atoms. The third-order valence-electron chi connectivity index (χ3n) is 3.66. The maximum absolute atomic E-state index is 11.2. The summed E-state index contributed by atoms with van der Waals surface area (Å²) in [5, 5.41) is 11.5. The second-order valence-electron chi connectivity index (χ2n) is 4.98. The molecule has 0 spiro atoms. The van der Waals surface area contributed by atoms with Crippen LogP contribution in [-0.2, 0) is 12.8 Å². The van der Waals surface area contributed by atoms with E-state index in [1.54, 1.807) is 12.1 Å². The molecule has 0 radical (unpaired) electrons. The van der Waals surface area contributed by atoms with Crippen molar-refractivity contribution in [2.45, 2.75) is 12.8 Å². The Labute approximate surface area is 122 Å². The minimum atomic E-state index is -0.873. The smallest absolute Gasteiger partial charge is 0.335 e. The van der Waals surface area contributed by atoms with Crippen molar-refractivity contribution >= 4 is 16.7 Å². The largest absolute Gasteiger partial charge is 0.478 e. The normalized spacial score (nSPS) is 10.7. The van der Waals surface area contributed by atoms with Gasteiger partial charge in [-0.2, -0.15) is 0 Å². The quantitative estimate of drug-likeness (QED) is 0.790. The molecule has 0 aliphatic heterocycles. The number of carboxylic acids is 1. The number of aromatic nitrogens is 1. The van der Waals surface area contributed by atoms with E-state index in [4.69, 9.17) is 0 Å². The van der Waals surface area contributed by atoms with Gasteiger partial charge < -0.3 is 5.11 Å². The molecule has 0 amide bonds. The molecule has 0 aliphatic carbocycles. The predicted molar refractivity (Wildman–Crippen MR) is 82.6 cm³/mol. The third kappa shape index (κ3) is 2.77. The lowest BCUT2D eigenvalue weighted by molar-refractivity contribution is 0.0695. The fourth-order valence-corrected chi connectivity index (χ4v) is 2.59. The fraction of sp³-hybridized carbons (Fsp3) is 0.111. The predicted octanol–water partition coefficient (Wildman–Crippen LogP) is 3.72. The van der Waals surface area contributed by atoms with E-state index in [0.29, 0.717) is 12.0 Å². The lowest BCUT2D eigenvalue weighted by atomic mass is 9.98. The van der Waals surface area contributed by atoms with Crippen LogP contribution in [0.25, 0.3) is 10.8 Å². The summed E-state index contributed by atoms with van der Waals surface area (Å²) < 4.78 is 0. The van der Waals surface area contributed by atoms with E-state index < -0.39 is 5.97 Å². The van der Waals surface area contributed by atoms with Gasteiger partial charge in [0.25, 0.3) is 0 Å². The zero-order valence-electron chi connectivity index (χ0n) is 11.5. The van der Waals surface area contributed by atoms with Gasteiger partial charge >= 0.3 is 5.97 Å². The summed E-state index contributed by atoms with van der Waals surface area (Å²) >= 11 is 0. The van der Waals surface area contributed by atoms with Gasteiger partial charge in [0.1, 0.15) is 0 Å². The highest BCUT2D eigenvalue weighted by Crippen LogP contribution is 2.19. The average Bonchev–Trinajstić information content (AvgIpc) is 2.53. The maximum atomic E-state index is 11.2. The highest BCUT2D eigenvalue weighted by molar-refractivity contribution is 5.89. The first-order chi connectivity index (χ1) is 10.3. The first-order valence-corrected chi connectivity index (χ1v) is 6.88. The number of carbonyl (C=O) groups is 1. The van der Waals surface area contributed by atoms with Crippen molar-refractivity contribution < 1.29 is 9.90 Å². The number of aromatic carboxylic acids is 1. The van der Waals surface area contributed by atoms with Crippen LogP contribution in [0.2, 0.25) is 0 Å². The van der Waals surface area contributed by atoms with Crippen LogP contribution >= 0.6 is 0 Å². The molecular formula is C18H15NO2. The average molecular weight is 277 g/mol. The van der Waals surface area contributed by atoms with Crippen LogP contribution in [0, 0.1) is 0 Å². The Bertz CT molecular complexity index is 791. The highest BCUT2D eigenvalue weighted by atomic mass is 16.4. The Balaban J connectivity index is 1.89. The topological polar surface area (TPSA) is 50.2 Å². The molecule has 1 N–H and O–H groups in total. The van der Waals surface area contributed by atoms with E-state index in [9.17, 15) is 9.90 Å². The van der Waals surface area contributed by atoms with Crippen molar-refractivity contribution in [2.75, 3.05) is 0 Å². The van der Waals surface area contributed by atoms with Crippen molar-refractivity contribution in [1.29, 1.82) is 0 Å². The number of aryl methyl sites for hydroxylation is 2. The zero-order valence-corrected chi connectivity index (χ0v) is 11.5. The second-order valence-corrected chi connectivity index (χ2v) is 4.98. The number of rotatable bonds is 4. The van der Waals surface area contributed by atoms with E-state index >= 15 is 0 Å². The van der Waals surface area contributed by atoms with Crippen LogP contribution < -0.4 is 0 Å². The fourth-order valence-electron chi connectivity index (χ4n) is 2.59. The Kier molecular flexibility index (Phi) is 3.65. The molecule has 0 saturated heterocycles. The molecule has 1 heterocycles. The molecule has 3 heteroatoms. The third-order valence-corrected chi connectivity index (χ3v) is 3.66. The molecule has 3 nitrogen and oxygen atoms in total. The summed E-state index contributed by atoms with van der Waals surface area (Å²) in [6.07, 6.45) is 5.19. The highest BCUT2D eigenvalue weighted by Gasteiger charge is 2.09. The second kappa shape index (κ2) is 5.75. The van der Waals surface area contributed by atoms with Crippen LogP contribution in [0.15, 0.2) is 60.9 Å². The Hall–Kier alpha value is -2.68. The SMILES string of the molecule is O=C(O)c1ccccc1CCc1cncc2ccccc12. The molecule has 3 rings (SSSR count). The van der Waals surface area contributed by atoms with Crippen LogP contribution in [0.4, 0.5) is 0 Å². The van der Waals surface area contributed by atoms with Crippen molar-refractivity contribution in [3.05, 3.63) is 77.6 Å². The zero-order chi connectivity index (χ0) is 14.7. The van der Waals surface area contributed by atoms with Crippen LogP contribution in [0.3, 0.4) is 0 Å². The molecule has 2 aromatic carbocycles. The van der Waals surface area contributed by atoms with E-state index in [0.717, 1.165) is 22.9 Å². The number of pyridine rings is 1. The Morgan fingerprint density at radius 3 is 2.48 bits per heavy atom. The van der Waals surface area contributed by atoms with Crippen molar-refractivity contribution in [2.24, 2.45) is 0 Å². The maximum Gasteiger partial charge on any atom is 0.335 e. The van der Waals surface area contributed by atoms with Gasteiger partial charge in [-0.05, 0) is 35.4 Å². The molecule has 0 saturated carbocycles. The summed E-state index contributed by atoms with van der Waals surface area (Å²) in [5.41, 5.74) is 2.39. The van der Waals surface area contributed by atoms with E-state index in [1.165, 1.54) is 5.39 Å². The number of benzene rings is 2. The lowest BCUT2D eigenvalue weighted by Gasteiger charge is -2.08. The van der Waals surface area contributed by atoms with Crippen molar-refractivity contribution in [3.63, 3.8) is 0 Å². The monoisotopic (exact) mass is 277 g/mol. The molecule has 0 atom stereocenters. The minimum absolute atomic E-state index is 0.380. The molecule has 0 aliphatic rings. The summed E-state index contributed by atoms with van der Waals surface area (Å²) in [5.74, 6) is -0.873. The van der Waals surface area contributed by atoms with Gasteiger partial charge in [-0.1, -0.05) is 42.5 Å². The minimum Gasteiger partial charge on any atom is -0.478 e. The summed E-state index contributed by atoms with van der Waals surface area (Å²) in [6.45, 7) is 0. The molecular weight excluding hydrogens is 262 g/mol.